The minimum absolute atomic E-state index is 0.0161. The zero-order valence-corrected chi connectivity index (χ0v) is 8.90. The normalized spacial score (nSPS) is 41.9. The summed E-state index contributed by atoms with van der Waals surface area (Å²) in [7, 11) is 0. The van der Waals surface area contributed by atoms with Crippen molar-refractivity contribution in [2.75, 3.05) is 6.61 Å². The molecular weight excluding hydrogens is 188 g/mol. The Morgan fingerprint density at radius 3 is 2.80 bits per heavy atom. The lowest BCUT2D eigenvalue weighted by Gasteiger charge is -2.57. The number of hydrogen-bond donors (Lipinski definition) is 2. The number of aliphatic hydroxyl groups excluding tert-OH is 2. The van der Waals surface area contributed by atoms with Crippen molar-refractivity contribution < 1.29 is 10.2 Å². The van der Waals surface area contributed by atoms with Crippen molar-refractivity contribution in [3.8, 4) is 0 Å². The number of aliphatic hydroxyl groups is 2. The molecule has 0 unspecified atom stereocenters. The Morgan fingerprint density at radius 2 is 2.13 bits per heavy atom. The molecule has 0 aliphatic heterocycles. The first-order chi connectivity index (χ1) is 7.14. The van der Waals surface area contributed by atoms with Gasteiger partial charge in [0.05, 0.1) is 12.7 Å². The molecule has 1 saturated carbocycles. The van der Waals surface area contributed by atoms with Crippen LogP contribution in [0.4, 0.5) is 0 Å². The number of benzene rings is 1. The van der Waals surface area contributed by atoms with Crippen molar-refractivity contribution in [1.82, 2.24) is 0 Å². The van der Waals surface area contributed by atoms with Gasteiger partial charge in [0.2, 0.25) is 0 Å². The van der Waals surface area contributed by atoms with E-state index in [2.05, 4.69) is 19.1 Å². The van der Waals surface area contributed by atoms with E-state index in [0.717, 1.165) is 12.8 Å². The molecule has 0 radical (unpaired) electrons. The molecule has 1 aromatic carbocycles. The smallest absolute Gasteiger partial charge is 0.0638 e. The lowest BCUT2D eigenvalue weighted by atomic mass is 9.49. The van der Waals surface area contributed by atoms with Crippen LogP contribution in [0.15, 0.2) is 24.3 Å². The van der Waals surface area contributed by atoms with Crippen LogP contribution in [0.3, 0.4) is 0 Å². The van der Waals surface area contributed by atoms with E-state index in [4.69, 9.17) is 0 Å². The Hall–Kier alpha value is -0.860. The third kappa shape index (κ3) is 0.837. The van der Waals surface area contributed by atoms with Crippen molar-refractivity contribution in [3.05, 3.63) is 35.4 Å². The standard InChI is InChI=1S/C13H16O2/c1-12-7-11(15)13(12,8-14)6-9-4-2-3-5-10(9)12/h2-5,11,14-15H,6-8H2,1H3/t11-,12+,13-/m0/s1. The maximum Gasteiger partial charge on any atom is 0.0638 e. The molecule has 80 valence electrons. The second-order valence-electron chi connectivity index (χ2n) is 5.20. The maximum absolute atomic E-state index is 9.95. The van der Waals surface area contributed by atoms with E-state index in [1.807, 2.05) is 12.1 Å². The van der Waals surface area contributed by atoms with Gasteiger partial charge in [-0.25, -0.2) is 0 Å². The van der Waals surface area contributed by atoms with Crippen LogP contribution < -0.4 is 0 Å². The SMILES string of the molecule is C[C@]12C[C@H](O)[C@@]1(CO)Cc1ccccc12. The van der Waals surface area contributed by atoms with Crippen LogP contribution in [-0.2, 0) is 11.8 Å². The summed E-state index contributed by atoms with van der Waals surface area (Å²) in [6.45, 7) is 2.25. The molecule has 2 heteroatoms. The van der Waals surface area contributed by atoms with E-state index in [1.54, 1.807) is 0 Å². The molecule has 1 fully saturated rings. The van der Waals surface area contributed by atoms with Gasteiger partial charge in [-0.1, -0.05) is 31.2 Å². The molecular formula is C13H16O2. The van der Waals surface area contributed by atoms with Crippen molar-refractivity contribution in [2.45, 2.75) is 31.3 Å². The van der Waals surface area contributed by atoms with E-state index in [0.29, 0.717) is 0 Å². The highest BCUT2D eigenvalue weighted by Gasteiger charge is 2.66. The first-order valence-corrected chi connectivity index (χ1v) is 5.51. The zero-order valence-electron chi connectivity index (χ0n) is 8.90. The van der Waals surface area contributed by atoms with Gasteiger partial charge in [0.1, 0.15) is 0 Å². The molecule has 2 aliphatic rings. The lowest BCUT2D eigenvalue weighted by Crippen LogP contribution is -2.63. The Balaban J connectivity index is 2.16. The summed E-state index contributed by atoms with van der Waals surface area (Å²) in [6.07, 6.45) is 1.25. The summed E-state index contributed by atoms with van der Waals surface area (Å²) >= 11 is 0. The molecule has 3 atom stereocenters. The average Bonchev–Trinajstić information content (AvgIpc) is 2.45. The number of hydrogen-bond acceptors (Lipinski definition) is 2. The summed E-state index contributed by atoms with van der Waals surface area (Å²) < 4.78 is 0. The van der Waals surface area contributed by atoms with Crippen LogP contribution in [0.2, 0.25) is 0 Å². The Labute approximate surface area is 89.6 Å². The van der Waals surface area contributed by atoms with Gasteiger partial charge >= 0.3 is 0 Å². The predicted molar refractivity (Wildman–Crippen MR) is 57.6 cm³/mol. The molecule has 0 spiro atoms. The molecule has 0 saturated heterocycles. The summed E-state index contributed by atoms with van der Waals surface area (Å²) in [4.78, 5) is 0. The van der Waals surface area contributed by atoms with Gasteiger partial charge in [0.15, 0.2) is 0 Å². The first-order valence-electron chi connectivity index (χ1n) is 5.51. The third-order valence-electron chi connectivity index (χ3n) is 4.74. The summed E-state index contributed by atoms with van der Waals surface area (Å²) in [6, 6.07) is 8.33. The van der Waals surface area contributed by atoms with Crippen molar-refractivity contribution in [2.24, 2.45) is 5.41 Å². The van der Waals surface area contributed by atoms with Crippen LogP contribution in [0.25, 0.3) is 0 Å². The zero-order chi connectivity index (χ0) is 10.7. The molecule has 0 amide bonds. The molecule has 1 aromatic rings. The molecule has 2 aliphatic carbocycles. The number of fused-ring (bicyclic) bond motifs is 3. The van der Waals surface area contributed by atoms with Crippen molar-refractivity contribution >= 4 is 0 Å². The third-order valence-corrected chi connectivity index (χ3v) is 4.74. The van der Waals surface area contributed by atoms with Crippen LogP contribution in [0.5, 0.6) is 0 Å². The fourth-order valence-electron chi connectivity index (χ4n) is 3.60. The highest BCUT2D eigenvalue weighted by Crippen LogP contribution is 2.64. The highest BCUT2D eigenvalue weighted by molar-refractivity contribution is 5.47. The van der Waals surface area contributed by atoms with Gasteiger partial charge in [0, 0.05) is 10.8 Å². The van der Waals surface area contributed by atoms with Crippen molar-refractivity contribution in [1.29, 1.82) is 0 Å². The monoisotopic (exact) mass is 204 g/mol. The largest absolute Gasteiger partial charge is 0.396 e. The number of rotatable bonds is 1. The van der Waals surface area contributed by atoms with Crippen LogP contribution in [0, 0.1) is 5.41 Å². The van der Waals surface area contributed by atoms with Gasteiger partial charge in [0.25, 0.3) is 0 Å². The van der Waals surface area contributed by atoms with Crippen molar-refractivity contribution in [3.63, 3.8) is 0 Å². The molecule has 0 heterocycles. The summed E-state index contributed by atoms with van der Waals surface area (Å²) in [5.74, 6) is 0. The van der Waals surface area contributed by atoms with Crippen LogP contribution in [-0.4, -0.2) is 22.9 Å². The first kappa shape index (κ1) is 9.37. The molecule has 0 bridgehead atoms. The Kier molecular flexibility index (Phi) is 1.64. The molecule has 2 N–H and O–H groups in total. The molecule has 0 aromatic heterocycles. The van der Waals surface area contributed by atoms with Gasteiger partial charge < -0.3 is 10.2 Å². The second kappa shape index (κ2) is 2.63. The van der Waals surface area contributed by atoms with Gasteiger partial charge in [-0.15, -0.1) is 0 Å². The van der Waals surface area contributed by atoms with Gasteiger partial charge in [-0.05, 0) is 24.0 Å². The maximum atomic E-state index is 9.95. The van der Waals surface area contributed by atoms with E-state index < -0.39 is 0 Å². The van der Waals surface area contributed by atoms with E-state index in [9.17, 15) is 10.2 Å². The van der Waals surface area contributed by atoms with Gasteiger partial charge in [-0.2, -0.15) is 0 Å². The summed E-state index contributed by atoms with van der Waals surface area (Å²) in [5, 5.41) is 19.5. The molecule has 15 heavy (non-hydrogen) atoms. The van der Waals surface area contributed by atoms with E-state index in [1.165, 1.54) is 11.1 Å². The Bertz CT molecular complexity index is 415. The highest BCUT2D eigenvalue weighted by atomic mass is 16.3. The average molecular weight is 204 g/mol. The quantitative estimate of drug-likeness (QED) is 0.722. The van der Waals surface area contributed by atoms with E-state index in [-0.39, 0.29) is 23.5 Å². The second-order valence-corrected chi connectivity index (χ2v) is 5.20. The Morgan fingerprint density at radius 1 is 1.40 bits per heavy atom. The minimum Gasteiger partial charge on any atom is -0.396 e. The topological polar surface area (TPSA) is 40.5 Å². The van der Waals surface area contributed by atoms with Crippen LogP contribution >= 0.6 is 0 Å². The fraction of sp³-hybridized carbons (Fsp3) is 0.538. The lowest BCUT2D eigenvalue weighted by molar-refractivity contribution is -0.151. The van der Waals surface area contributed by atoms with Crippen LogP contribution in [0.1, 0.15) is 24.5 Å². The van der Waals surface area contributed by atoms with Gasteiger partial charge in [-0.3, -0.25) is 0 Å². The molecule has 3 rings (SSSR count). The minimum atomic E-state index is -0.347. The summed E-state index contributed by atoms with van der Waals surface area (Å²) in [5.41, 5.74) is 2.30. The van der Waals surface area contributed by atoms with E-state index >= 15 is 0 Å². The predicted octanol–water partition coefficient (Wildman–Crippen LogP) is 1.24. The molecule has 2 nitrogen and oxygen atoms in total. The fourth-order valence-corrected chi connectivity index (χ4v) is 3.60.